The number of ether oxygens (including phenoxy) is 1. The number of hydrogen-bond acceptors (Lipinski definition) is 6. The van der Waals surface area contributed by atoms with Crippen LogP contribution in [0.5, 0.6) is 5.75 Å². The Labute approximate surface area is 114 Å². The van der Waals surface area contributed by atoms with Crippen LogP contribution in [0.4, 0.5) is 5.69 Å². The van der Waals surface area contributed by atoms with Crippen molar-refractivity contribution in [3.63, 3.8) is 0 Å². The third kappa shape index (κ3) is 3.42. The van der Waals surface area contributed by atoms with Gasteiger partial charge in [-0.1, -0.05) is 0 Å². The van der Waals surface area contributed by atoms with Gasteiger partial charge in [0.05, 0.1) is 16.9 Å². The SMILES string of the molecule is COc1cc(S(=O)(=O)N[C@H](C)C(=O)O)ccc1[N+](=O)[O-]. The van der Waals surface area contributed by atoms with E-state index in [9.17, 15) is 23.3 Å². The van der Waals surface area contributed by atoms with Crippen LogP contribution in [0.3, 0.4) is 0 Å². The molecule has 1 rings (SSSR count). The number of nitro groups is 1. The number of nitro benzene ring substituents is 1. The van der Waals surface area contributed by atoms with E-state index in [1.807, 2.05) is 4.72 Å². The van der Waals surface area contributed by atoms with Crippen molar-refractivity contribution in [3.8, 4) is 5.75 Å². The third-order valence-electron chi connectivity index (χ3n) is 2.36. The van der Waals surface area contributed by atoms with Crippen LogP contribution in [0.2, 0.25) is 0 Å². The smallest absolute Gasteiger partial charge is 0.321 e. The molecule has 0 fully saturated rings. The Balaban J connectivity index is 3.20. The molecule has 9 nitrogen and oxygen atoms in total. The summed E-state index contributed by atoms with van der Waals surface area (Å²) in [4.78, 5) is 20.3. The van der Waals surface area contributed by atoms with E-state index in [1.54, 1.807) is 0 Å². The van der Waals surface area contributed by atoms with E-state index in [-0.39, 0.29) is 10.6 Å². The summed E-state index contributed by atoms with van der Waals surface area (Å²) in [6.45, 7) is 1.16. The van der Waals surface area contributed by atoms with E-state index in [0.717, 1.165) is 32.2 Å². The Morgan fingerprint density at radius 3 is 2.55 bits per heavy atom. The fourth-order valence-electron chi connectivity index (χ4n) is 1.33. The minimum atomic E-state index is -4.11. The molecule has 0 aromatic heterocycles. The highest BCUT2D eigenvalue weighted by atomic mass is 32.2. The van der Waals surface area contributed by atoms with Crippen molar-refractivity contribution < 1.29 is 28.0 Å². The number of aliphatic carboxylic acids is 1. The zero-order valence-electron chi connectivity index (χ0n) is 10.6. The number of benzene rings is 1. The summed E-state index contributed by atoms with van der Waals surface area (Å²) in [5.74, 6) is -1.58. The molecule has 1 aromatic carbocycles. The van der Waals surface area contributed by atoms with Crippen LogP contribution in [0, 0.1) is 10.1 Å². The second kappa shape index (κ2) is 5.84. The molecule has 0 aliphatic rings. The average molecular weight is 304 g/mol. The summed E-state index contributed by atoms with van der Waals surface area (Å²) in [6, 6.07) is 1.59. The number of rotatable bonds is 6. The van der Waals surface area contributed by atoms with Crippen LogP contribution < -0.4 is 9.46 Å². The van der Waals surface area contributed by atoms with Crippen LogP contribution in [0.25, 0.3) is 0 Å². The molecule has 0 aliphatic carbocycles. The first-order chi connectivity index (χ1) is 9.19. The summed E-state index contributed by atoms with van der Waals surface area (Å²) in [5.41, 5.74) is -0.391. The second-order valence-corrected chi connectivity index (χ2v) is 5.49. The van der Waals surface area contributed by atoms with Crippen molar-refractivity contribution in [2.24, 2.45) is 0 Å². The normalized spacial score (nSPS) is 12.7. The number of carboxylic acid groups (broad SMARTS) is 1. The fraction of sp³-hybridized carbons (Fsp3) is 0.300. The van der Waals surface area contributed by atoms with Gasteiger partial charge in [-0.15, -0.1) is 0 Å². The van der Waals surface area contributed by atoms with E-state index in [0.29, 0.717) is 0 Å². The largest absolute Gasteiger partial charge is 0.490 e. The Morgan fingerprint density at radius 2 is 2.10 bits per heavy atom. The summed E-state index contributed by atoms with van der Waals surface area (Å²) in [5, 5.41) is 19.4. The summed E-state index contributed by atoms with van der Waals surface area (Å²) >= 11 is 0. The van der Waals surface area contributed by atoms with Crippen molar-refractivity contribution in [2.45, 2.75) is 17.9 Å². The lowest BCUT2D eigenvalue weighted by Gasteiger charge is -2.11. The zero-order chi connectivity index (χ0) is 15.5. The molecule has 0 saturated carbocycles. The van der Waals surface area contributed by atoms with E-state index in [1.165, 1.54) is 0 Å². The maximum atomic E-state index is 11.9. The van der Waals surface area contributed by atoms with Crippen molar-refractivity contribution in [1.82, 2.24) is 4.72 Å². The minimum Gasteiger partial charge on any atom is -0.490 e. The van der Waals surface area contributed by atoms with Crippen LogP contribution in [0.1, 0.15) is 6.92 Å². The maximum absolute atomic E-state index is 11.9. The number of methoxy groups -OCH3 is 1. The van der Waals surface area contributed by atoms with Gasteiger partial charge in [-0.05, 0) is 13.0 Å². The standard InChI is InChI=1S/C10H12N2O7S/c1-6(10(13)14)11-20(17,18)7-3-4-8(12(15)16)9(5-7)19-2/h3-6,11H,1-2H3,(H,13,14)/t6-/m1/s1. The first-order valence-corrected chi connectivity index (χ1v) is 6.75. The molecule has 0 unspecified atom stereocenters. The lowest BCUT2D eigenvalue weighted by atomic mass is 10.3. The molecule has 0 amide bonds. The number of sulfonamides is 1. The van der Waals surface area contributed by atoms with Gasteiger partial charge in [0, 0.05) is 12.1 Å². The Kier molecular flexibility index (Phi) is 4.63. The monoisotopic (exact) mass is 304 g/mol. The van der Waals surface area contributed by atoms with Gasteiger partial charge in [0.1, 0.15) is 6.04 Å². The lowest BCUT2D eigenvalue weighted by molar-refractivity contribution is -0.385. The molecule has 0 heterocycles. The molecule has 1 aromatic rings. The van der Waals surface area contributed by atoms with Crippen molar-refractivity contribution in [3.05, 3.63) is 28.3 Å². The number of carboxylic acids is 1. The molecule has 110 valence electrons. The Hall–Kier alpha value is -2.20. The first-order valence-electron chi connectivity index (χ1n) is 5.26. The maximum Gasteiger partial charge on any atom is 0.321 e. The Morgan fingerprint density at radius 1 is 1.50 bits per heavy atom. The number of nitrogens with one attached hydrogen (secondary N) is 1. The van der Waals surface area contributed by atoms with Crippen LogP contribution in [-0.2, 0) is 14.8 Å². The van der Waals surface area contributed by atoms with E-state index in [4.69, 9.17) is 9.84 Å². The molecule has 0 bridgehead atoms. The number of hydrogen-bond donors (Lipinski definition) is 2. The molecule has 0 radical (unpaired) electrons. The third-order valence-corrected chi connectivity index (χ3v) is 3.90. The second-order valence-electron chi connectivity index (χ2n) is 3.77. The quantitative estimate of drug-likeness (QED) is 0.571. The topological polar surface area (TPSA) is 136 Å². The van der Waals surface area contributed by atoms with Gasteiger partial charge < -0.3 is 9.84 Å². The highest BCUT2D eigenvalue weighted by Crippen LogP contribution is 2.29. The first kappa shape index (κ1) is 15.9. The van der Waals surface area contributed by atoms with E-state index in [2.05, 4.69) is 0 Å². The molecular weight excluding hydrogens is 292 g/mol. The highest BCUT2D eigenvalue weighted by Gasteiger charge is 2.24. The lowest BCUT2D eigenvalue weighted by Crippen LogP contribution is -2.38. The van der Waals surface area contributed by atoms with Crippen molar-refractivity contribution in [1.29, 1.82) is 0 Å². The summed E-state index contributed by atoms with van der Waals surface area (Å²) in [6.07, 6.45) is 0. The van der Waals surface area contributed by atoms with Gasteiger partial charge in [-0.25, -0.2) is 8.42 Å². The highest BCUT2D eigenvalue weighted by molar-refractivity contribution is 7.89. The molecule has 20 heavy (non-hydrogen) atoms. The Bertz CT molecular complexity index is 641. The molecule has 0 aliphatic heterocycles. The summed E-state index contributed by atoms with van der Waals surface area (Å²) in [7, 11) is -2.95. The van der Waals surface area contributed by atoms with E-state index < -0.39 is 32.6 Å². The molecule has 1 atom stereocenters. The number of carbonyl (C=O) groups is 1. The van der Waals surface area contributed by atoms with Gasteiger partial charge >= 0.3 is 11.7 Å². The van der Waals surface area contributed by atoms with Gasteiger partial charge in [-0.3, -0.25) is 14.9 Å². The van der Waals surface area contributed by atoms with Crippen LogP contribution in [-0.4, -0.2) is 37.6 Å². The zero-order valence-corrected chi connectivity index (χ0v) is 11.4. The predicted molar refractivity (Wildman–Crippen MR) is 67.1 cm³/mol. The molecule has 2 N–H and O–H groups in total. The summed E-state index contributed by atoms with van der Waals surface area (Å²) < 4.78 is 30.5. The van der Waals surface area contributed by atoms with Gasteiger partial charge in [-0.2, -0.15) is 4.72 Å². The number of nitrogens with zero attached hydrogens (tertiary/aromatic N) is 1. The minimum absolute atomic E-state index is 0.235. The van der Waals surface area contributed by atoms with Crippen molar-refractivity contribution in [2.75, 3.05) is 7.11 Å². The molecule has 0 saturated heterocycles. The van der Waals surface area contributed by atoms with E-state index >= 15 is 0 Å². The van der Waals surface area contributed by atoms with Gasteiger partial charge in [0.2, 0.25) is 10.0 Å². The molecular formula is C10H12N2O7S. The van der Waals surface area contributed by atoms with Crippen molar-refractivity contribution >= 4 is 21.7 Å². The predicted octanol–water partition coefficient (Wildman–Crippen LogP) is 0.355. The van der Waals surface area contributed by atoms with Crippen LogP contribution in [0.15, 0.2) is 23.1 Å². The van der Waals surface area contributed by atoms with Gasteiger partial charge in [0.25, 0.3) is 0 Å². The molecule has 0 spiro atoms. The van der Waals surface area contributed by atoms with Gasteiger partial charge in [0.15, 0.2) is 5.75 Å². The fourth-order valence-corrected chi connectivity index (χ4v) is 2.54. The molecule has 10 heteroatoms. The van der Waals surface area contributed by atoms with Crippen LogP contribution >= 0.6 is 0 Å². The average Bonchev–Trinajstić information content (AvgIpc) is 2.37.